The average Bonchev–Trinajstić information content (AvgIpc) is 3.57. The minimum absolute atomic E-state index is 0.195. The molecule has 0 saturated carbocycles. The number of fused-ring (bicyclic) bond motifs is 2. The molecule has 0 saturated heterocycles. The molecule has 5 aromatic rings. The van der Waals surface area contributed by atoms with Crippen molar-refractivity contribution < 1.29 is 17.6 Å². The van der Waals surface area contributed by atoms with Gasteiger partial charge in [0.1, 0.15) is 17.6 Å². The smallest absolute Gasteiger partial charge is 0.319 e. The van der Waals surface area contributed by atoms with Gasteiger partial charge in [0.15, 0.2) is 0 Å². The Morgan fingerprint density at radius 2 is 1.94 bits per heavy atom. The highest BCUT2D eigenvalue weighted by Crippen LogP contribution is 2.37. The lowest BCUT2D eigenvalue weighted by atomic mass is 10.0. The Bertz CT molecular complexity index is 1440. The van der Waals surface area contributed by atoms with Gasteiger partial charge in [-0.2, -0.15) is 5.10 Å². The molecule has 0 aliphatic carbocycles. The van der Waals surface area contributed by atoms with Gasteiger partial charge in [0.05, 0.1) is 23.2 Å². The first-order chi connectivity index (χ1) is 16.1. The number of nitrogens with zero attached hydrogens (tertiary/aromatic N) is 6. The Labute approximate surface area is 184 Å². The molecule has 5 heterocycles. The maximum atomic E-state index is 13.5. The Balaban J connectivity index is 1.45. The number of aromatic amines is 1. The van der Waals surface area contributed by atoms with Gasteiger partial charge < -0.3 is 14.3 Å². The van der Waals surface area contributed by atoms with Gasteiger partial charge in [0, 0.05) is 24.2 Å². The number of anilines is 1. The van der Waals surface area contributed by atoms with Crippen LogP contribution in [0.5, 0.6) is 0 Å². The number of benzene rings is 1. The minimum Gasteiger partial charge on any atom is -0.403 e. The molecule has 8 nitrogen and oxygen atoms in total. The second-order valence-electron chi connectivity index (χ2n) is 7.67. The van der Waals surface area contributed by atoms with E-state index in [1.54, 1.807) is 36.7 Å². The summed E-state index contributed by atoms with van der Waals surface area (Å²) in [5.41, 5.74) is 3.10. The molecule has 0 amide bonds. The zero-order valence-corrected chi connectivity index (χ0v) is 17.0. The number of aromatic nitrogens is 6. The highest BCUT2D eigenvalue weighted by molar-refractivity contribution is 5.55. The zero-order valence-electron chi connectivity index (χ0n) is 17.0. The van der Waals surface area contributed by atoms with E-state index in [0.717, 1.165) is 5.69 Å². The Morgan fingerprint density at radius 3 is 2.76 bits per heavy atom. The lowest BCUT2D eigenvalue weighted by Gasteiger charge is -2.32. The van der Waals surface area contributed by atoms with E-state index in [4.69, 9.17) is 4.42 Å². The van der Waals surface area contributed by atoms with Crippen LogP contribution in [0, 0.1) is 5.82 Å². The molecule has 4 aromatic heterocycles. The van der Waals surface area contributed by atoms with Crippen molar-refractivity contribution in [2.24, 2.45) is 0 Å². The van der Waals surface area contributed by atoms with Crippen molar-refractivity contribution in [3.05, 3.63) is 83.5 Å². The Kier molecular flexibility index (Phi) is 4.42. The van der Waals surface area contributed by atoms with Crippen LogP contribution >= 0.6 is 0 Å². The van der Waals surface area contributed by atoms with Crippen LogP contribution in [-0.2, 0) is 6.42 Å². The molecule has 166 valence electrons. The fourth-order valence-corrected chi connectivity index (χ4v) is 4.18. The number of hydrogen-bond donors (Lipinski definition) is 1. The maximum absolute atomic E-state index is 13.5. The van der Waals surface area contributed by atoms with E-state index in [9.17, 15) is 13.2 Å². The van der Waals surface area contributed by atoms with E-state index in [1.165, 1.54) is 22.7 Å². The fourth-order valence-electron chi connectivity index (χ4n) is 4.18. The average molecular weight is 451 g/mol. The third-order valence-electron chi connectivity index (χ3n) is 5.71. The van der Waals surface area contributed by atoms with Gasteiger partial charge in [-0.3, -0.25) is 0 Å². The second-order valence-corrected chi connectivity index (χ2v) is 7.67. The molecule has 0 bridgehead atoms. The molecular weight excluding hydrogens is 435 g/mol. The molecule has 1 atom stereocenters. The van der Waals surface area contributed by atoms with Crippen LogP contribution in [-0.4, -0.2) is 36.3 Å². The molecule has 1 aromatic carbocycles. The van der Waals surface area contributed by atoms with Crippen molar-refractivity contribution in [3.8, 4) is 11.5 Å². The second kappa shape index (κ2) is 7.47. The van der Waals surface area contributed by atoms with Crippen LogP contribution in [0.4, 0.5) is 19.2 Å². The van der Waals surface area contributed by atoms with Crippen molar-refractivity contribution in [2.45, 2.75) is 18.9 Å². The number of nitrogens with one attached hydrogen (secondary N) is 1. The summed E-state index contributed by atoms with van der Waals surface area (Å²) in [6.07, 6.45) is -0.422. The van der Waals surface area contributed by atoms with Crippen molar-refractivity contribution in [1.82, 2.24) is 29.8 Å². The van der Waals surface area contributed by atoms with Crippen LogP contribution in [0.2, 0.25) is 0 Å². The lowest BCUT2D eigenvalue weighted by Crippen LogP contribution is -2.37. The molecule has 1 aliphatic rings. The van der Waals surface area contributed by atoms with Crippen molar-refractivity contribution in [3.63, 3.8) is 0 Å². The van der Waals surface area contributed by atoms with Crippen molar-refractivity contribution >= 4 is 11.5 Å². The molecular formula is C22H16F3N7O. The topological polar surface area (TPSA) is 88.1 Å². The first-order valence-electron chi connectivity index (χ1n) is 10.2. The van der Waals surface area contributed by atoms with Crippen LogP contribution in [0.1, 0.15) is 35.2 Å². The van der Waals surface area contributed by atoms with Gasteiger partial charge in [0.2, 0.25) is 5.89 Å². The van der Waals surface area contributed by atoms with Crippen LogP contribution in [0.3, 0.4) is 0 Å². The van der Waals surface area contributed by atoms with E-state index in [0.29, 0.717) is 35.4 Å². The van der Waals surface area contributed by atoms with Crippen molar-refractivity contribution in [2.75, 3.05) is 11.4 Å². The maximum Gasteiger partial charge on any atom is 0.319 e. The molecule has 0 fully saturated rings. The predicted molar refractivity (Wildman–Crippen MR) is 111 cm³/mol. The number of H-pyrrole nitrogens is 1. The fraction of sp³-hybridized carbons (Fsp3) is 0.182. The predicted octanol–water partition coefficient (Wildman–Crippen LogP) is 4.34. The molecule has 6 rings (SSSR count). The molecule has 33 heavy (non-hydrogen) atoms. The van der Waals surface area contributed by atoms with Crippen LogP contribution in [0.15, 0.2) is 59.3 Å². The molecule has 1 N–H and O–H groups in total. The normalized spacial score (nSPS) is 16.0. The number of rotatable bonds is 4. The van der Waals surface area contributed by atoms with E-state index in [-0.39, 0.29) is 23.4 Å². The SMILES string of the molecule is Fc1ccc(-c2nnc(N3CCc4[nH]cnc4[C@@H]3c3cc4cccc(C(F)F)n4n3)o2)cc1. The van der Waals surface area contributed by atoms with Gasteiger partial charge in [-0.15, -0.1) is 5.10 Å². The quantitative estimate of drug-likeness (QED) is 0.438. The van der Waals surface area contributed by atoms with Gasteiger partial charge in [-0.05, 0) is 42.5 Å². The molecule has 11 heteroatoms. The van der Waals surface area contributed by atoms with Crippen LogP contribution < -0.4 is 4.90 Å². The highest BCUT2D eigenvalue weighted by atomic mass is 19.3. The van der Waals surface area contributed by atoms with Gasteiger partial charge >= 0.3 is 6.01 Å². The summed E-state index contributed by atoms with van der Waals surface area (Å²) in [6.45, 7) is 0.514. The summed E-state index contributed by atoms with van der Waals surface area (Å²) in [5.74, 6) is -0.123. The highest BCUT2D eigenvalue weighted by Gasteiger charge is 2.36. The lowest BCUT2D eigenvalue weighted by molar-refractivity contribution is 0.143. The zero-order chi connectivity index (χ0) is 22.5. The molecule has 0 spiro atoms. The third kappa shape index (κ3) is 3.23. The van der Waals surface area contributed by atoms with Gasteiger partial charge in [-0.25, -0.2) is 22.7 Å². The van der Waals surface area contributed by atoms with Gasteiger partial charge in [-0.1, -0.05) is 11.2 Å². The summed E-state index contributed by atoms with van der Waals surface area (Å²) >= 11 is 0. The van der Waals surface area contributed by atoms with Crippen molar-refractivity contribution in [1.29, 1.82) is 0 Å². The first kappa shape index (κ1) is 19.5. The molecule has 0 unspecified atom stereocenters. The number of alkyl halides is 2. The molecule has 1 aliphatic heterocycles. The minimum atomic E-state index is -2.67. The number of imidazole rings is 1. The van der Waals surface area contributed by atoms with E-state index < -0.39 is 12.5 Å². The number of pyridine rings is 1. The van der Waals surface area contributed by atoms with Crippen LogP contribution in [0.25, 0.3) is 17.0 Å². The largest absolute Gasteiger partial charge is 0.403 e. The van der Waals surface area contributed by atoms with E-state index in [2.05, 4.69) is 25.3 Å². The summed E-state index contributed by atoms with van der Waals surface area (Å²) < 4.78 is 47.5. The van der Waals surface area contributed by atoms with Gasteiger partial charge in [0.25, 0.3) is 6.43 Å². The summed E-state index contributed by atoms with van der Waals surface area (Å²) in [5, 5.41) is 12.8. The third-order valence-corrected chi connectivity index (χ3v) is 5.71. The first-order valence-corrected chi connectivity index (χ1v) is 10.2. The van der Waals surface area contributed by atoms with E-state index in [1.807, 2.05) is 4.90 Å². The Morgan fingerprint density at radius 1 is 1.09 bits per heavy atom. The summed E-state index contributed by atoms with van der Waals surface area (Å²) in [7, 11) is 0. The monoisotopic (exact) mass is 451 g/mol. The number of hydrogen-bond acceptors (Lipinski definition) is 6. The summed E-state index contributed by atoms with van der Waals surface area (Å²) in [4.78, 5) is 9.46. The molecule has 0 radical (unpaired) electrons. The Hall–Kier alpha value is -4.15. The standard InChI is InChI=1S/C22H16F3N7O/c23-13-6-4-12(5-7-13)21-28-29-22(33-21)31-9-8-15-18(27-11-26-15)19(31)16-10-14-2-1-3-17(20(24)25)32(14)30-16/h1-7,10-11,19-20H,8-9H2,(H,26,27)/t19-/m0/s1. The van der Waals surface area contributed by atoms with E-state index >= 15 is 0 Å². The number of halogens is 3. The summed E-state index contributed by atoms with van der Waals surface area (Å²) in [6, 6.07) is 11.9.